The van der Waals surface area contributed by atoms with Crippen LogP contribution in [-0.4, -0.2) is 46.4 Å². The summed E-state index contributed by atoms with van der Waals surface area (Å²) in [6.45, 7) is 12.0. The summed E-state index contributed by atoms with van der Waals surface area (Å²) >= 11 is 6.04. The molecule has 0 aliphatic rings. The number of amides is 1. The number of anilines is 1. The lowest BCUT2D eigenvalue weighted by Gasteiger charge is -2.36. The highest BCUT2D eigenvalue weighted by Gasteiger charge is 2.37. The first-order valence-corrected chi connectivity index (χ1v) is 11.2. The summed E-state index contributed by atoms with van der Waals surface area (Å²) in [7, 11) is 1.42. The maximum atomic E-state index is 12.6. The molecule has 5 nitrogen and oxygen atoms in total. The van der Waals surface area contributed by atoms with Crippen LogP contribution in [0.25, 0.3) is 0 Å². The van der Waals surface area contributed by atoms with Crippen molar-refractivity contribution in [1.82, 2.24) is 4.90 Å². The smallest absolute Gasteiger partial charge is 0.257 e. The molecule has 0 heterocycles. The van der Waals surface area contributed by atoms with Crippen LogP contribution in [0.1, 0.15) is 31.1 Å². The van der Waals surface area contributed by atoms with Gasteiger partial charge < -0.3 is 19.8 Å². The number of hydrogen-bond donors (Lipinski definition) is 1. The predicted octanol–water partition coefficient (Wildman–Crippen LogP) is 4.02. The van der Waals surface area contributed by atoms with E-state index in [1.807, 2.05) is 0 Å². The number of rotatable bonds is 6. The van der Waals surface area contributed by atoms with E-state index in [9.17, 15) is 4.79 Å². The van der Waals surface area contributed by atoms with Gasteiger partial charge in [-0.25, -0.2) is 0 Å². The van der Waals surface area contributed by atoms with Gasteiger partial charge in [-0.3, -0.25) is 4.79 Å². The average Bonchev–Trinajstić information content (AvgIpc) is 2.47. The standard InChI is InChI=1S/C17H29ClN2O3Si/c1-17(2,3)24(6,7)23-9-8-20(4)16(21)12-10-13(18)14(19)11-15(12)22-5/h10-11H,8-9,19H2,1-7H3. The topological polar surface area (TPSA) is 64.8 Å². The highest BCUT2D eigenvalue weighted by molar-refractivity contribution is 6.74. The van der Waals surface area contributed by atoms with Gasteiger partial charge >= 0.3 is 0 Å². The Bertz CT molecular complexity index is 600. The second kappa shape index (κ2) is 7.76. The zero-order valence-electron chi connectivity index (χ0n) is 15.7. The quantitative estimate of drug-likeness (QED) is 0.604. The third kappa shape index (κ3) is 4.88. The Kier molecular flexibility index (Phi) is 6.73. The Morgan fingerprint density at radius 1 is 1.33 bits per heavy atom. The van der Waals surface area contributed by atoms with Crippen LogP contribution in [0.15, 0.2) is 12.1 Å². The van der Waals surface area contributed by atoms with Crippen LogP contribution in [0.2, 0.25) is 23.2 Å². The van der Waals surface area contributed by atoms with Crippen molar-refractivity contribution in [1.29, 1.82) is 0 Å². The molecular weight excluding hydrogens is 344 g/mol. The van der Waals surface area contributed by atoms with Crippen LogP contribution in [0.4, 0.5) is 5.69 Å². The lowest BCUT2D eigenvalue weighted by Crippen LogP contribution is -2.43. The van der Waals surface area contributed by atoms with Crippen molar-refractivity contribution in [2.24, 2.45) is 0 Å². The van der Waals surface area contributed by atoms with E-state index >= 15 is 0 Å². The maximum absolute atomic E-state index is 12.6. The average molecular weight is 373 g/mol. The van der Waals surface area contributed by atoms with Gasteiger partial charge in [-0.2, -0.15) is 0 Å². The summed E-state index contributed by atoms with van der Waals surface area (Å²) in [5.41, 5.74) is 6.54. The summed E-state index contributed by atoms with van der Waals surface area (Å²) in [6.07, 6.45) is 0. The van der Waals surface area contributed by atoms with Crippen LogP contribution < -0.4 is 10.5 Å². The molecule has 1 aromatic carbocycles. The van der Waals surface area contributed by atoms with Crippen molar-refractivity contribution in [2.45, 2.75) is 38.9 Å². The second-order valence-corrected chi connectivity index (χ2v) is 12.6. The molecule has 0 aromatic heterocycles. The molecule has 0 fully saturated rings. The van der Waals surface area contributed by atoms with Crippen LogP contribution in [0, 0.1) is 0 Å². The van der Waals surface area contributed by atoms with Gasteiger partial charge in [0.15, 0.2) is 8.32 Å². The monoisotopic (exact) mass is 372 g/mol. The van der Waals surface area contributed by atoms with E-state index in [2.05, 4.69) is 33.9 Å². The molecule has 2 N–H and O–H groups in total. The molecule has 0 aliphatic carbocycles. The van der Waals surface area contributed by atoms with Crippen LogP contribution in [0.5, 0.6) is 5.75 Å². The van der Waals surface area contributed by atoms with Gasteiger partial charge in [0.05, 0.1) is 30.0 Å². The fraction of sp³-hybridized carbons (Fsp3) is 0.588. The molecule has 0 aliphatic heterocycles. The van der Waals surface area contributed by atoms with Gasteiger partial charge in [0, 0.05) is 19.7 Å². The number of likely N-dealkylation sites (N-methyl/N-ethyl adjacent to an activating group) is 1. The van der Waals surface area contributed by atoms with Gasteiger partial charge in [0.25, 0.3) is 5.91 Å². The lowest BCUT2D eigenvalue weighted by molar-refractivity contribution is 0.0766. The highest BCUT2D eigenvalue weighted by atomic mass is 35.5. The molecule has 24 heavy (non-hydrogen) atoms. The molecule has 0 spiro atoms. The number of nitrogens with zero attached hydrogens (tertiary/aromatic N) is 1. The molecule has 0 atom stereocenters. The molecule has 1 aromatic rings. The summed E-state index contributed by atoms with van der Waals surface area (Å²) in [5, 5.41) is 0.480. The normalized spacial score (nSPS) is 12.2. The zero-order chi connectivity index (χ0) is 18.7. The first-order chi connectivity index (χ1) is 10.9. The number of ether oxygens (including phenoxy) is 1. The number of benzene rings is 1. The van der Waals surface area contributed by atoms with E-state index < -0.39 is 8.32 Å². The van der Waals surface area contributed by atoms with Crippen molar-refractivity contribution < 1.29 is 14.0 Å². The first kappa shape index (κ1) is 20.8. The Morgan fingerprint density at radius 2 is 1.92 bits per heavy atom. The fourth-order valence-electron chi connectivity index (χ4n) is 1.87. The van der Waals surface area contributed by atoms with Gasteiger partial charge in [0.2, 0.25) is 0 Å². The number of nitrogen functional groups attached to an aromatic ring is 1. The van der Waals surface area contributed by atoms with E-state index in [1.54, 1.807) is 24.1 Å². The fourth-order valence-corrected chi connectivity index (χ4v) is 3.06. The van der Waals surface area contributed by atoms with Crippen molar-refractivity contribution in [3.8, 4) is 5.75 Å². The minimum atomic E-state index is -1.82. The molecule has 0 saturated heterocycles. The van der Waals surface area contributed by atoms with Gasteiger partial charge in [-0.1, -0.05) is 32.4 Å². The lowest BCUT2D eigenvalue weighted by atomic mass is 10.1. The minimum absolute atomic E-state index is 0.142. The molecule has 1 amide bonds. The molecule has 0 unspecified atom stereocenters. The molecule has 136 valence electrons. The van der Waals surface area contributed by atoms with Gasteiger partial charge in [-0.05, 0) is 24.2 Å². The van der Waals surface area contributed by atoms with E-state index in [0.717, 1.165) is 0 Å². The number of methoxy groups -OCH3 is 1. The third-order valence-corrected chi connectivity index (χ3v) is 9.46. The van der Waals surface area contributed by atoms with Crippen molar-refractivity contribution in [3.05, 3.63) is 22.7 Å². The Morgan fingerprint density at radius 3 is 2.42 bits per heavy atom. The minimum Gasteiger partial charge on any atom is -0.496 e. The number of halogens is 1. The number of hydrogen-bond acceptors (Lipinski definition) is 4. The van der Waals surface area contributed by atoms with Crippen molar-refractivity contribution >= 4 is 31.5 Å². The molecule has 0 bridgehead atoms. The van der Waals surface area contributed by atoms with Gasteiger partial charge in [0.1, 0.15) is 5.75 Å². The van der Waals surface area contributed by atoms with E-state index in [4.69, 9.17) is 26.5 Å². The Labute approximate surface area is 151 Å². The number of nitrogens with two attached hydrogens (primary N) is 1. The summed E-state index contributed by atoms with van der Waals surface area (Å²) in [6, 6.07) is 3.11. The number of carbonyl (C=O) groups excluding carboxylic acids is 1. The molecular formula is C17H29ClN2O3Si. The predicted molar refractivity (Wildman–Crippen MR) is 103 cm³/mol. The SMILES string of the molecule is COc1cc(N)c(Cl)cc1C(=O)N(C)CCO[Si](C)(C)C(C)(C)C. The zero-order valence-corrected chi connectivity index (χ0v) is 17.5. The highest BCUT2D eigenvalue weighted by Crippen LogP contribution is 2.36. The van der Waals surface area contributed by atoms with E-state index in [0.29, 0.717) is 35.2 Å². The third-order valence-electron chi connectivity index (χ3n) is 4.59. The van der Waals surface area contributed by atoms with Crippen LogP contribution >= 0.6 is 11.6 Å². The first-order valence-electron chi connectivity index (χ1n) is 7.93. The van der Waals surface area contributed by atoms with E-state index in [-0.39, 0.29) is 10.9 Å². The van der Waals surface area contributed by atoms with Crippen LogP contribution in [-0.2, 0) is 4.43 Å². The molecule has 0 saturated carbocycles. The van der Waals surface area contributed by atoms with Crippen molar-refractivity contribution in [3.63, 3.8) is 0 Å². The largest absolute Gasteiger partial charge is 0.496 e. The Hall–Kier alpha value is -1.24. The second-order valence-electron chi connectivity index (χ2n) is 7.41. The molecule has 1 rings (SSSR count). The molecule has 7 heteroatoms. The number of carbonyl (C=O) groups is 1. The van der Waals surface area contributed by atoms with Gasteiger partial charge in [-0.15, -0.1) is 0 Å². The molecule has 0 radical (unpaired) electrons. The van der Waals surface area contributed by atoms with Crippen molar-refractivity contribution in [2.75, 3.05) is 33.0 Å². The summed E-state index contributed by atoms with van der Waals surface area (Å²) in [5.74, 6) is 0.242. The summed E-state index contributed by atoms with van der Waals surface area (Å²) in [4.78, 5) is 14.3. The summed E-state index contributed by atoms with van der Waals surface area (Å²) < 4.78 is 11.4. The Balaban J connectivity index is 2.78. The van der Waals surface area contributed by atoms with E-state index in [1.165, 1.54) is 7.11 Å². The maximum Gasteiger partial charge on any atom is 0.257 e. The van der Waals surface area contributed by atoms with Crippen LogP contribution in [0.3, 0.4) is 0 Å².